The fourth-order valence-corrected chi connectivity index (χ4v) is 2.19. The average molecular weight is 324 g/mol. The average Bonchev–Trinajstić information content (AvgIpc) is 2.64. The molecule has 1 aromatic heterocycles. The van der Waals surface area contributed by atoms with Gasteiger partial charge in [0.2, 0.25) is 0 Å². The van der Waals surface area contributed by atoms with Crippen LogP contribution in [0.1, 0.15) is 11.3 Å². The summed E-state index contributed by atoms with van der Waals surface area (Å²) in [6, 6.07) is 13.9. The molecule has 0 aliphatic carbocycles. The lowest BCUT2D eigenvalue weighted by atomic mass is 10.2. The molecule has 1 heterocycles. The molecule has 0 saturated heterocycles. The number of nitrogens with zero attached hydrogens (tertiary/aromatic N) is 2. The molecule has 2 aromatic rings. The number of rotatable bonds is 8. The molecule has 1 aromatic carbocycles. The van der Waals surface area contributed by atoms with Crippen LogP contribution < -0.4 is 15.4 Å². The van der Waals surface area contributed by atoms with Gasteiger partial charge in [-0.3, -0.25) is 9.98 Å². The van der Waals surface area contributed by atoms with Crippen LogP contribution >= 0.6 is 0 Å². The van der Waals surface area contributed by atoms with Gasteiger partial charge >= 0.3 is 0 Å². The first-order chi connectivity index (χ1) is 11.8. The summed E-state index contributed by atoms with van der Waals surface area (Å²) >= 11 is 0. The van der Waals surface area contributed by atoms with Crippen LogP contribution in [0.4, 0.5) is 0 Å². The maximum atomic E-state index is 5.66. The highest BCUT2D eigenvalue weighted by atomic mass is 16.5. The number of aliphatic imine (C=N–C) groups is 1. The van der Waals surface area contributed by atoms with E-state index in [2.05, 4.69) is 27.2 Å². The van der Waals surface area contributed by atoms with Gasteiger partial charge in [0.1, 0.15) is 12.4 Å². The van der Waals surface area contributed by atoms with E-state index in [1.807, 2.05) is 48.7 Å². The van der Waals surface area contributed by atoms with E-state index in [1.54, 1.807) is 13.1 Å². The van der Waals surface area contributed by atoms with Crippen molar-refractivity contribution in [1.29, 1.82) is 0 Å². The predicted molar refractivity (Wildman–Crippen MR) is 98.3 cm³/mol. The summed E-state index contributed by atoms with van der Waals surface area (Å²) in [7, 11) is 1.76. The van der Waals surface area contributed by atoms with E-state index in [0.29, 0.717) is 13.2 Å². The molecule has 0 radical (unpaired) electrons. The van der Waals surface area contributed by atoms with Gasteiger partial charge in [0.15, 0.2) is 5.96 Å². The third-order valence-corrected chi connectivity index (χ3v) is 3.40. The number of ether oxygens (including phenoxy) is 1. The zero-order valence-electron chi connectivity index (χ0n) is 14.0. The van der Waals surface area contributed by atoms with Gasteiger partial charge in [-0.1, -0.05) is 36.9 Å². The summed E-state index contributed by atoms with van der Waals surface area (Å²) in [6.07, 6.45) is 4.39. The van der Waals surface area contributed by atoms with Gasteiger partial charge in [-0.15, -0.1) is 0 Å². The number of benzene rings is 1. The molecule has 0 bridgehead atoms. The third kappa shape index (κ3) is 5.76. The van der Waals surface area contributed by atoms with Crippen molar-refractivity contribution < 1.29 is 4.74 Å². The van der Waals surface area contributed by atoms with E-state index in [-0.39, 0.29) is 0 Å². The molecule has 0 amide bonds. The third-order valence-electron chi connectivity index (χ3n) is 3.40. The Labute approximate surface area is 143 Å². The van der Waals surface area contributed by atoms with Crippen molar-refractivity contribution in [2.24, 2.45) is 4.99 Å². The van der Waals surface area contributed by atoms with Crippen molar-refractivity contribution in [2.45, 2.75) is 13.0 Å². The van der Waals surface area contributed by atoms with Crippen LogP contribution in [0.2, 0.25) is 0 Å². The van der Waals surface area contributed by atoms with Crippen LogP contribution in [0, 0.1) is 0 Å². The van der Waals surface area contributed by atoms with Gasteiger partial charge < -0.3 is 15.4 Å². The molecule has 2 N–H and O–H groups in total. The fraction of sp³-hybridized carbons (Fsp3) is 0.263. The van der Waals surface area contributed by atoms with Gasteiger partial charge in [-0.05, 0) is 18.2 Å². The lowest BCUT2D eigenvalue weighted by molar-refractivity contribution is 0.358. The minimum Gasteiger partial charge on any atom is -0.489 e. The molecule has 0 fully saturated rings. The normalized spacial score (nSPS) is 11.0. The lowest BCUT2D eigenvalue weighted by Crippen LogP contribution is -2.38. The molecular weight excluding hydrogens is 300 g/mol. The van der Waals surface area contributed by atoms with Crippen LogP contribution in [0.3, 0.4) is 0 Å². The first kappa shape index (κ1) is 17.5. The summed E-state index contributed by atoms with van der Waals surface area (Å²) in [6.45, 7) is 5.58. The molecule has 126 valence electrons. The van der Waals surface area contributed by atoms with Gasteiger partial charge in [-0.25, -0.2) is 0 Å². The van der Waals surface area contributed by atoms with Gasteiger partial charge in [0, 0.05) is 44.0 Å². The Bertz CT molecular complexity index is 655. The lowest BCUT2D eigenvalue weighted by Gasteiger charge is -2.14. The van der Waals surface area contributed by atoms with Crippen LogP contribution in [-0.4, -0.2) is 31.1 Å². The molecule has 5 nitrogen and oxygen atoms in total. The summed E-state index contributed by atoms with van der Waals surface area (Å²) < 4.78 is 5.66. The number of nitrogens with one attached hydrogen (secondary N) is 2. The molecule has 0 atom stereocenters. The molecule has 0 saturated carbocycles. The second-order valence-corrected chi connectivity index (χ2v) is 5.13. The predicted octanol–water partition coefficient (Wildman–Crippen LogP) is 2.55. The first-order valence-electron chi connectivity index (χ1n) is 7.99. The van der Waals surface area contributed by atoms with E-state index in [9.17, 15) is 0 Å². The first-order valence-corrected chi connectivity index (χ1v) is 7.99. The maximum Gasteiger partial charge on any atom is 0.191 e. The molecule has 2 rings (SSSR count). The molecular formula is C19H24N4O. The molecule has 0 aliphatic heterocycles. The van der Waals surface area contributed by atoms with Gasteiger partial charge in [0.25, 0.3) is 0 Å². The minimum atomic E-state index is 0.494. The summed E-state index contributed by atoms with van der Waals surface area (Å²) in [5.74, 6) is 1.61. The Hall–Kier alpha value is -2.82. The molecule has 0 aliphatic rings. The highest BCUT2D eigenvalue weighted by molar-refractivity contribution is 5.79. The van der Waals surface area contributed by atoms with Crippen LogP contribution in [0.25, 0.3) is 0 Å². The second-order valence-electron chi connectivity index (χ2n) is 5.13. The van der Waals surface area contributed by atoms with Crippen LogP contribution in [-0.2, 0) is 13.0 Å². The largest absolute Gasteiger partial charge is 0.489 e. The van der Waals surface area contributed by atoms with Crippen molar-refractivity contribution in [1.82, 2.24) is 15.6 Å². The number of aromatic nitrogens is 1. The van der Waals surface area contributed by atoms with E-state index < -0.39 is 0 Å². The number of guanidine groups is 1. The van der Waals surface area contributed by atoms with E-state index in [4.69, 9.17) is 4.74 Å². The number of pyridine rings is 1. The fourth-order valence-electron chi connectivity index (χ4n) is 2.19. The summed E-state index contributed by atoms with van der Waals surface area (Å²) in [5.41, 5.74) is 2.13. The van der Waals surface area contributed by atoms with E-state index in [1.165, 1.54) is 0 Å². The zero-order chi connectivity index (χ0) is 17.0. The van der Waals surface area contributed by atoms with Gasteiger partial charge in [-0.2, -0.15) is 0 Å². The SMILES string of the molecule is C=CCOc1ccccc1CNC(=NC)NCCc1ccccn1. The topological polar surface area (TPSA) is 58.5 Å². The molecule has 0 spiro atoms. The van der Waals surface area contributed by atoms with Crippen molar-refractivity contribution in [3.05, 3.63) is 72.6 Å². The van der Waals surface area contributed by atoms with Crippen molar-refractivity contribution >= 4 is 5.96 Å². The minimum absolute atomic E-state index is 0.494. The Balaban J connectivity index is 1.82. The molecule has 24 heavy (non-hydrogen) atoms. The van der Waals surface area contributed by atoms with E-state index >= 15 is 0 Å². The Morgan fingerprint density at radius 3 is 2.79 bits per heavy atom. The monoisotopic (exact) mass is 324 g/mol. The standard InChI is InChI=1S/C19H24N4O/c1-3-14-24-18-10-5-4-8-16(18)15-23-19(20-2)22-13-11-17-9-6-7-12-21-17/h3-10,12H,1,11,13-15H2,2H3,(H2,20,22,23). The van der Waals surface area contributed by atoms with Crippen molar-refractivity contribution in [2.75, 3.05) is 20.2 Å². The summed E-state index contributed by atoms with van der Waals surface area (Å²) in [5, 5.41) is 6.59. The summed E-state index contributed by atoms with van der Waals surface area (Å²) in [4.78, 5) is 8.55. The Morgan fingerprint density at radius 2 is 2.04 bits per heavy atom. The second kappa shape index (κ2) is 10.0. The van der Waals surface area contributed by atoms with Crippen molar-refractivity contribution in [3.8, 4) is 5.75 Å². The number of para-hydroxylation sites is 1. The quantitative estimate of drug-likeness (QED) is 0.445. The highest BCUT2D eigenvalue weighted by Crippen LogP contribution is 2.17. The number of hydrogen-bond acceptors (Lipinski definition) is 3. The van der Waals surface area contributed by atoms with E-state index in [0.717, 1.165) is 35.9 Å². The van der Waals surface area contributed by atoms with Gasteiger partial charge in [0.05, 0.1) is 0 Å². The highest BCUT2D eigenvalue weighted by Gasteiger charge is 2.04. The molecule has 0 unspecified atom stereocenters. The zero-order valence-corrected chi connectivity index (χ0v) is 14.0. The Kier molecular flexibility index (Phi) is 7.34. The molecule has 5 heteroatoms. The smallest absolute Gasteiger partial charge is 0.191 e. The maximum absolute atomic E-state index is 5.66. The Morgan fingerprint density at radius 1 is 1.21 bits per heavy atom. The van der Waals surface area contributed by atoms with Crippen LogP contribution in [0.5, 0.6) is 5.75 Å². The number of hydrogen-bond donors (Lipinski definition) is 2. The van der Waals surface area contributed by atoms with Crippen LogP contribution in [0.15, 0.2) is 66.3 Å². The van der Waals surface area contributed by atoms with Crippen molar-refractivity contribution in [3.63, 3.8) is 0 Å².